The average Bonchev–Trinajstić information content (AvgIpc) is 2.68. The van der Waals surface area contributed by atoms with E-state index in [2.05, 4.69) is 36.2 Å². The molecule has 0 bridgehead atoms. The zero-order valence-electron chi connectivity index (χ0n) is 9.98. The summed E-state index contributed by atoms with van der Waals surface area (Å²) in [5.74, 6) is 0. The zero-order valence-corrected chi connectivity index (χ0v) is 9.98. The normalized spacial score (nSPS) is 18.1. The molecule has 1 aliphatic carbocycles. The molecule has 0 fully saturated rings. The number of pyridine rings is 1. The van der Waals surface area contributed by atoms with Crippen molar-refractivity contribution in [2.75, 3.05) is 0 Å². The van der Waals surface area contributed by atoms with Gasteiger partial charge < -0.3 is 5.73 Å². The second-order valence-corrected chi connectivity index (χ2v) is 4.84. The molecule has 2 nitrogen and oxygen atoms in total. The Hall–Kier alpha value is -1.67. The van der Waals surface area contributed by atoms with Crippen LogP contribution in [0.1, 0.15) is 16.7 Å². The molecule has 2 heteroatoms. The Kier molecular flexibility index (Phi) is 2.45. The van der Waals surface area contributed by atoms with Crippen LogP contribution in [0.5, 0.6) is 0 Å². The van der Waals surface area contributed by atoms with Crippen molar-refractivity contribution in [1.82, 2.24) is 4.98 Å². The first-order chi connectivity index (χ1) is 8.24. The predicted octanol–water partition coefficient (Wildman–Crippen LogP) is 2.48. The summed E-state index contributed by atoms with van der Waals surface area (Å²) in [6.45, 7) is 2.10. The Balaban J connectivity index is 2.07. The van der Waals surface area contributed by atoms with Crippen molar-refractivity contribution < 1.29 is 0 Å². The third-order valence-corrected chi connectivity index (χ3v) is 3.50. The van der Waals surface area contributed by atoms with Crippen molar-refractivity contribution in [3.8, 4) is 11.1 Å². The van der Waals surface area contributed by atoms with Gasteiger partial charge >= 0.3 is 0 Å². The molecule has 1 atom stereocenters. The lowest BCUT2D eigenvalue weighted by Crippen LogP contribution is -2.18. The van der Waals surface area contributed by atoms with Gasteiger partial charge in [0.2, 0.25) is 0 Å². The monoisotopic (exact) mass is 224 g/mol. The first-order valence-corrected chi connectivity index (χ1v) is 6.02. The smallest absolute Gasteiger partial charge is 0.0303 e. The SMILES string of the molecule is Cc1cnccc1-c1ccc2c(c1)CC(N)C2. The van der Waals surface area contributed by atoms with Crippen LogP contribution in [-0.4, -0.2) is 11.0 Å². The van der Waals surface area contributed by atoms with Crippen molar-refractivity contribution in [3.05, 3.63) is 53.3 Å². The second kappa shape index (κ2) is 3.97. The van der Waals surface area contributed by atoms with Gasteiger partial charge in [-0.15, -0.1) is 0 Å². The Morgan fingerprint density at radius 1 is 1.18 bits per heavy atom. The van der Waals surface area contributed by atoms with Gasteiger partial charge in [0.1, 0.15) is 0 Å². The fourth-order valence-electron chi connectivity index (χ4n) is 2.62. The lowest BCUT2D eigenvalue weighted by molar-refractivity contribution is 0.721. The average molecular weight is 224 g/mol. The minimum Gasteiger partial charge on any atom is -0.327 e. The van der Waals surface area contributed by atoms with Crippen molar-refractivity contribution in [2.45, 2.75) is 25.8 Å². The number of nitrogens with zero attached hydrogens (tertiary/aromatic N) is 1. The first-order valence-electron chi connectivity index (χ1n) is 6.02. The van der Waals surface area contributed by atoms with E-state index in [-0.39, 0.29) is 0 Å². The van der Waals surface area contributed by atoms with E-state index in [0.717, 1.165) is 12.8 Å². The van der Waals surface area contributed by atoms with Crippen LogP contribution in [-0.2, 0) is 12.8 Å². The quantitative estimate of drug-likeness (QED) is 0.808. The van der Waals surface area contributed by atoms with Gasteiger partial charge in [-0.1, -0.05) is 18.2 Å². The number of rotatable bonds is 1. The largest absolute Gasteiger partial charge is 0.327 e. The van der Waals surface area contributed by atoms with Crippen molar-refractivity contribution in [2.24, 2.45) is 5.73 Å². The van der Waals surface area contributed by atoms with Crippen LogP contribution in [0, 0.1) is 6.92 Å². The van der Waals surface area contributed by atoms with E-state index in [1.54, 1.807) is 0 Å². The molecular formula is C15H16N2. The topological polar surface area (TPSA) is 38.9 Å². The molecule has 0 saturated carbocycles. The van der Waals surface area contributed by atoms with Gasteiger partial charge in [0.25, 0.3) is 0 Å². The summed E-state index contributed by atoms with van der Waals surface area (Å²) in [6.07, 6.45) is 5.79. The Morgan fingerprint density at radius 3 is 2.82 bits per heavy atom. The first kappa shape index (κ1) is 10.5. The molecule has 0 amide bonds. The maximum atomic E-state index is 5.99. The number of hydrogen-bond donors (Lipinski definition) is 1. The van der Waals surface area contributed by atoms with Gasteiger partial charge in [-0.2, -0.15) is 0 Å². The number of hydrogen-bond acceptors (Lipinski definition) is 2. The lowest BCUT2D eigenvalue weighted by atomic mass is 9.99. The van der Waals surface area contributed by atoms with Gasteiger partial charge in [0.15, 0.2) is 0 Å². The van der Waals surface area contributed by atoms with Crippen LogP contribution in [0.3, 0.4) is 0 Å². The molecule has 1 heterocycles. The molecule has 2 aromatic rings. The van der Waals surface area contributed by atoms with E-state index in [9.17, 15) is 0 Å². The third-order valence-electron chi connectivity index (χ3n) is 3.50. The Labute approximate surface area is 102 Å². The second-order valence-electron chi connectivity index (χ2n) is 4.84. The van der Waals surface area contributed by atoms with E-state index in [0.29, 0.717) is 6.04 Å². The number of aromatic nitrogens is 1. The highest BCUT2D eigenvalue weighted by Crippen LogP contribution is 2.28. The molecule has 1 unspecified atom stereocenters. The van der Waals surface area contributed by atoms with E-state index >= 15 is 0 Å². The van der Waals surface area contributed by atoms with Crippen LogP contribution < -0.4 is 5.73 Å². The maximum absolute atomic E-state index is 5.99. The maximum Gasteiger partial charge on any atom is 0.0303 e. The highest BCUT2D eigenvalue weighted by molar-refractivity contribution is 5.68. The van der Waals surface area contributed by atoms with E-state index in [1.165, 1.54) is 27.8 Å². The van der Waals surface area contributed by atoms with Gasteiger partial charge in [-0.05, 0) is 53.6 Å². The molecule has 86 valence electrons. The molecule has 17 heavy (non-hydrogen) atoms. The Bertz CT molecular complexity index is 561. The Morgan fingerprint density at radius 2 is 2.00 bits per heavy atom. The van der Waals surface area contributed by atoms with Crippen LogP contribution in [0.4, 0.5) is 0 Å². The predicted molar refractivity (Wildman–Crippen MR) is 69.8 cm³/mol. The molecule has 2 N–H and O–H groups in total. The molecular weight excluding hydrogens is 208 g/mol. The highest BCUT2D eigenvalue weighted by atomic mass is 14.6. The number of benzene rings is 1. The summed E-state index contributed by atoms with van der Waals surface area (Å²) in [4.78, 5) is 4.13. The molecule has 0 radical (unpaired) electrons. The van der Waals surface area contributed by atoms with Gasteiger partial charge in [0.05, 0.1) is 0 Å². The minimum atomic E-state index is 0.304. The van der Waals surface area contributed by atoms with E-state index in [1.807, 2.05) is 12.4 Å². The van der Waals surface area contributed by atoms with Crippen LogP contribution in [0.25, 0.3) is 11.1 Å². The highest BCUT2D eigenvalue weighted by Gasteiger charge is 2.18. The van der Waals surface area contributed by atoms with Gasteiger partial charge in [0, 0.05) is 18.4 Å². The fraction of sp³-hybridized carbons (Fsp3) is 0.267. The summed E-state index contributed by atoms with van der Waals surface area (Å²) in [7, 11) is 0. The number of fused-ring (bicyclic) bond motifs is 1. The molecule has 0 aliphatic heterocycles. The number of nitrogens with two attached hydrogens (primary N) is 1. The van der Waals surface area contributed by atoms with Crippen LogP contribution >= 0.6 is 0 Å². The summed E-state index contributed by atoms with van der Waals surface area (Å²) in [6, 6.07) is 9.08. The van der Waals surface area contributed by atoms with Gasteiger partial charge in [-0.25, -0.2) is 0 Å². The standard InChI is InChI=1S/C15H16N2/c1-10-9-17-5-4-15(10)12-3-2-11-7-14(16)8-13(11)6-12/h2-6,9,14H,7-8,16H2,1H3. The lowest BCUT2D eigenvalue weighted by Gasteiger charge is -2.07. The summed E-state index contributed by atoms with van der Waals surface area (Å²) < 4.78 is 0. The summed E-state index contributed by atoms with van der Waals surface area (Å²) in [5, 5.41) is 0. The number of aryl methyl sites for hydroxylation is 1. The minimum absolute atomic E-state index is 0.304. The van der Waals surface area contributed by atoms with Crippen molar-refractivity contribution in [3.63, 3.8) is 0 Å². The van der Waals surface area contributed by atoms with Crippen molar-refractivity contribution in [1.29, 1.82) is 0 Å². The molecule has 1 aliphatic rings. The van der Waals surface area contributed by atoms with Crippen LogP contribution in [0.15, 0.2) is 36.7 Å². The van der Waals surface area contributed by atoms with Gasteiger partial charge in [-0.3, -0.25) is 4.98 Å². The molecule has 3 rings (SSSR count). The third kappa shape index (κ3) is 1.85. The molecule has 0 spiro atoms. The molecule has 1 aromatic heterocycles. The van der Waals surface area contributed by atoms with Crippen molar-refractivity contribution >= 4 is 0 Å². The summed E-state index contributed by atoms with van der Waals surface area (Å²) >= 11 is 0. The zero-order chi connectivity index (χ0) is 11.8. The van der Waals surface area contributed by atoms with E-state index < -0.39 is 0 Å². The van der Waals surface area contributed by atoms with E-state index in [4.69, 9.17) is 5.73 Å². The van der Waals surface area contributed by atoms with Crippen LogP contribution in [0.2, 0.25) is 0 Å². The fourth-order valence-corrected chi connectivity index (χ4v) is 2.62. The molecule has 0 saturated heterocycles. The molecule has 1 aromatic carbocycles. The summed E-state index contributed by atoms with van der Waals surface area (Å²) in [5.41, 5.74) is 12.6.